The van der Waals surface area contributed by atoms with Gasteiger partial charge in [-0.1, -0.05) is 0 Å². The molecule has 0 saturated heterocycles. The van der Waals surface area contributed by atoms with Crippen molar-refractivity contribution in [2.45, 2.75) is 0 Å². The highest BCUT2D eigenvalue weighted by atomic mass is 32.1. The Hall–Kier alpha value is -2.48. The summed E-state index contributed by atoms with van der Waals surface area (Å²) in [7, 11) is 0. The number of aromatic carboxylic acids is 1. The molecule has 0 saturated carbocycles. The van der Waals surface area contributed by atoms with Gasteiger partial charge in [0, 0.05) is 5.69 Å². The molecule has 8 heteroatoms. The van der Waals surface area contributed by atoms with E-state index < -0.39 is 23.4 Å². The van der Waals surface area contributed by atoms with E-state index in [0.717, 1.165) is 0 Å². The minimum absolute atomic E-state index is 0.0384. The number of nitrogens with zero attached hydrogens (tertiary/aromatic N) is 1. The Bertz CT molecular complexity index is 639. The molecule has 1 aromatic heterocycles. The van der Waals surface area contributed by atoms with Gasteiger partial charge in [-0.25, -0.2) is 4.39 Å². The van der Waals surface area contributed by atoms with Gasteiger partial charge in [-0.05, 0) is 35.8 Å². The molecule has 19 heavy (non-hydrogen) atoms. The number of carbonyl (C=O) groups excluding carboxylic acids is 2. The van der Waals surface area contributed by atoms with Crippen LogP contribution >= 0.6 is 11.5 Å². The summed E-state index contributed by atoms with van der Waals surface area (Å²) in [5, 5.41) is 13.1. The number of hydrogen-bond donors (Lipinski definition) is 2. The van der Waals surface area contributed by atoms with Crippen LogP contribution in [0.3, 0.4) is 0 Å². The van der Waals surface area contributed by atoms with Gasteiger partial charge in [-0.3, -0.25) is 4.79 Å². The zero-order valence-electron chi connectivity index (χ0n) is 9.34. The van der Waals surface area contributed by atoms with Gasteiger partial charge in [0.15, 0.2) is 0 Å². The highest BCUT2D eigenvalue weighted by Crippen LogP contribution is 2.22. The van der Waals surface area contributed by atoms with Crippen LogP contribution in [0.15, 0.2) is 24.3 Å². The minimum Gasteiger partial charge on any atom is -0.543 e. The summed E-state index contributed by atoms with van der Waals surface area (Å²) in [4.78, 5) is 22.4. The molecule has 0 radical (unpaired) electrons. The molecule has 6 nitrogen and oxygen atoms in total. The number of hydrogen-bond acceptors (Lipinski definition) is 6. The largest absolute Gasteiger partial charge is 0.543 e. The van der Waals surface area contributed by atoms with Crippen LogP contribution in [0.5, 0.6) is 0 Å². The van der Waals surface area contributed by atoms with Crippen molar-refractivity contribution in [3.05, 3.63) is 40.7 Å². The molecule has 0 atom stereocenters. The number of carboxylic acid groups (broad SMARTS) is 1. The molecule has 0 aliphatic rings. The van der Waals surface area contributed by atoms with E-state index in [0.29, 0.717) is 17.2 Å². The van der Waals surface area contributed by atoms with E-state index in [1.807, 2.05) is 0 Å². The van der Waals surface area contributed by atoms with Crippen molar-refractivity contribution >= 4 is 34.8 Å². The summed E-state index contributed by atoms with van der Waals surface area (Å²) >= 11 is 0.653. The Labute approximate surface area is 110 Å². The van der Waals surface area contributed by atoms with Crippen LogP contribution in [0, 0.1) is 5.82 Å². The maximum absolute atomic E-state index is 12.7. The molecule has 0 aliphatic carbocycles. The van der Waals surface area contributed by atoms with Crippen molar-refractivity contribution in [2.24, 2.45) is 0 Å². The van der Waals surface area contributed by atoms with Gasteiger partial charge < -0.3 is 21.0 Å². The molecule has 0 bridgehead atoms. The van der Waals surface area contributed by atoms with Gasteiger partial charge >= 0.3 is 0 Å². The first-order valence-corrected chi connectivity index (χ1v) is 5.80. The molecule has 0 aliphatic heterocycles. The second-order valence-electron chi connectivity index (χ2n) is 3.52. The van der Waals surface area contributed by atoms with Crippen molar-refractivity contribution in [1.29, 1.82) is 0 Å². The molecule has 2 rings (SSSR count). The summed E-state index contributed by atoms with van der Waals surface area (Å²) in [5.41, 5.74) is 5.14. The molecular weight excluding hydrogens is 273 g/mol. The lowest BCUT2D eigenvalue weighted by molar-refractivity contribution is -0.255. The van der Waals surface area contributed by atoms with Crippen molar-refractivity contribution < 1.29 is 19.1 Å². The molecule has 98 valence electrons. The summed E-state index contributed by atoms with van der Waals surface area (Å²) in [6.07, 6.45) is 0. The first-order valence-electron chi connectivity index (χ1n) is 5.02. The molecule has 3 N–H and O–H groups in total. The molecule has 0 unspecified atom stereocenters. The number of nitrogen functional groups attached to an aromatic ring is 1. The SMILES string of the molecule is Nc1c(C(=O)[O-])nsc1C(=O)Nc1ccc(F)cc1. The third-order valence-electron chi connectivity index (χ3n) is 2.23. The van der Waals surface area contributed by atoms with Crippen molar-refractivity contribution in [2.75, 3.05) is 11.1 Å². The number of anilines is 2. The monoisotopic (exact) mass is 280 g/mol. The maximum Gasteiger partial charge on any atom is 0.269 e. The number of nitrogens with two attached hydrogens (primary N) is 1. The van der Waals surface area contributed by atoms with E-state index in [1.165, 1.54) is 24.3 Å². The second-order valence-corrected chi connectivity index (χ2v) is 4.30. The van der Waals surface area contributed by atoms with Crippen LogP contribution in [-0.4, -0.2) is 16.3 Å². The van der Waals surface area contributed by atoms with E-state index in [2.05, 4.69) is 9.69 Å². The first-order chi connectivity index (χ1) is 8.99. The second kappa shape index (κ2) is 5.02. The van der Waals surface area contributed by atoms with Crippen molar-refractivity contribution in [3.63, 3.8) is 0 Å². The van der Waals surface area contributed by atoms with E-state index in [-0.39, 0.29) is 10.6 Å². The number of benzene rings is 1. The summed E-state index contributed by atoms with van der Waals surface area (Å²) in [5.74, 6) is -2.60. The molecule has 0 fully saturated rings. The predicted octanol–water partition coefficient (Wildman–Crippen LogP) is 0.480. The standard InChI is InChI=1S/C11H8FN3O3S/c12-5-1-3-6(4-2-5)14-10(16)9-7(13)8(11(17)18)15-19-9/h1-4H,13H2,(H,14,16)(H,17,18)/p-1. The van der Waals surface area contributed by atoms with E-state index in [4.69, 9.17) is 5.73 Å². The topological polar surface area (TPSA) is 108 Å². The maximum atomic E-state index is 12.7. The fourth-order valence-corrected chi connectivity index (χ4v) is 2.01. The Kier molecular flexibility index (Phi) is 3.43. The molecule has 1 aromatic carbocycles. The van der Waals surface area contributed by atoms with Crippen LogP contribution in [0.25, 0.3) is 0 Å². The van der Waals surface area contributed by atoms with Gasteiger partial charge in [-0.15, -0.1) is 0 Å². The third kappa shape index (κ3) is 2.68. The summed E-state index contributed by atoms with van der Waals surface area (Å²) in [6.45, 7) is 0. The summed E-state index contributed by atoms with van der Waals surface area (Å²) in [6, 6.07) is 5.09. The van der Waals surface area contributed by atoms with E-state index >= 15 is 0 Å². The minimum atomic E-state index is -1.55. The van der Waals surface area contributed by atoms with Crippen molar-refractivity contribution in [3.8, 4) is 0 Å². The zero-order chi connectivity index (χ0) is 14.0. The Morgan fingerprint density at radius 3 is 2.47 bits per heavy atom. The molecule has 2 aromatic rings. The average Bonchev–Trinajstić information content (AvgIpc) is 2.74. The molecule has 1 heterocycles. The number of amides is 1. The van der Waals surface area contributed by atoms with E-state index in [1.54, 1.807) is 0 Å². The highest BCUT2D eigenvalue weighted by molar-refractivity contribution is 7.09. The average molecular weight is 280 g/mol. The van der Waals surface area contributed by atoms with Gasteiger partial charge in [0.25, 0.3) is 5.91 Å². The van der Waals surface area contributed by atoms with Crippen LogP contribution in [0.4, 0.5) is 15.8 Å². The quantitative estimate of drug-likeness (QED) is 0.850. The van der Waals surface area contributed by atoms with Gasteiger partial charge in [0.05, 0.1) is 11.7 Å². The van der Waals surface area contributed by atoms with Gasteiger partial charge in [-0.2, -0.15) is 4.37 Å². The smallest absolute Gasteiger partial charge is 0.269 e. The number of rotatable bonds is 3. The van der Waals surface area contributed by atoms with Crippen LogP contribution < -0.4 is 16.2 Å². The Balaban J connectivity index is 2.21. The van der Waals surface area contributed by atoms with Crippen LogP contribution in [0.2, 0.25) is 0 Å². The number of halogens is 1. The number of aromatic nitrogens is 1. The van der Waals surface area contributed by atoms with E-state index in [9.17, 15) is 19.1 Å². The number of carboxylic acids is 1. The zero-order valence-corrected chi connectivity index (χ0v) is 10.2. The fraction of sp³-hybridized carbons (Fsp3) is 0. The molecule has 1 amide bonds. The van der Waals surface area contributed by atoms with Gasteiger partial charge in [0.2, 0.25) is 0 Å². The number of nitrogens with one attached hydrogen (secondary N) is 1. The highest BCUT2D eigenvalue weighted by Gasteiger charge is 2.18. The molecule has 0 spiro atoms. The normalized spacial score (nSPS) is 10.2. The Morgan fingerprint density at radius 1 is 1.32 bits per heavy atom. The molecular formula is C11H7FN3O3S-. The predicted molar refractivity (Wildman–Crippen MR) is 65.2 cm³/mol. The van der Waals surface area contributed by atoms with Crippen molar-refractivity contribution in [1.82, 2.24) is 4.37 Å². The Morgan fingerprint density at radius 2 is 1.95 bits per heavy atom. The lowest BCUT2D eigenvalue weighted by Crippen LogP contribution is -2.24. The lowest BCUT2D eigenvalue weighted by Gasteiger charge is -2.04. The third-order valence-corrected chi connectivity index (χ3v) is 3.09. The van der Waals surface area contributed by atoms with Crippen LogP contribution in [0.1, 0.15) is 20.2 Å². The number of carbonyl (C=O) groups is 2. The summed E-state index contributed by atoms with van der Waals surface area (Å²) < 4.78 is 16.2. The van der Waals surface area contributed by atoms with Crippen LogP contribution in [-0.2, 0) is 0 Å². The fourth-order valence-electron chi connectivity index (χ4n) is 1.33. The van der Waals surface area contributed by atoms with Gasteiger partial charge in [0.1, 0.15) is 16.4 Å². The first kappa shape index (κ1) is 13.0. The lowest BCUT2D eigenvalue weighted by atomic mass is 10.2.